The molecule has 8 nitrogen and oxygen atoms in total. The van der Waals surface area contributed by atoms with Crippen LogP contribution in [0.25, 0.3) is 0 Å². The van der Waals surface area contributed by atoms with E-state index < -0.39 is 35.2 Å². The first-order valence-corrected chi connectivity index (χ1v) is 10.9. The Labute approximate surface area is 189 Å². The summed E-state index contributed by atoms with van der Waals surface area (Å²) in [5.74, 6) is -1.43. The van der Waals surface area contributed by atoms with Crippen molar-refractivity contribution in [3.63, 3.8) is 0 Å². The standard InChI is InChI=1S/C23H22N2O6S/c26-18(14-31-16-9-5-2-6-10-16)24-19-21(27)25-20(23(28)29)17(32-22(19)25)11-12-30-13-15-7-3-1-4-8-15/h1-11,19-20,22H,12-14H2,(H,24,26)(H,28,29)/t19-,20-,22-/m1/s1. The molecule has 0 spiro atoms. The van der Waals surface area contributed by atoms with E-state index in [2.05, 4.69) is 5.32 Å². The summed E-state index contributed by atoms with van der Waals surface area (Å²) in [6, 6.07) is 16.7. The number of carboxylic acid groups (broad SMARTS) is 1. The molecule has 4 rings (SSSR count). The highest BCUT2D eigenvalue weighted by Crippen LogP contribution is 2.46. The summed E-state index contributed by atoms with van der Waals surface area (Å²) < 4.78 is 11.0. The van der Waals surface area contributed by atoms with Gasteiger partial charge in [-0.1, -0.05) is 48.5 Å². The Morgan fingerprint density at radius 1 is 1.09 bits per heavy atom. The first kappa shape index (κ1) is 21.9. The number of hydrogen-bond donors (Lipinski definition) is 2. The summed E-state index contributed by atoms with van der Waals surface area (Å²) in [5, 5.41) is 11.8. The van der Waals surface area contributed by atoms with Crippen molar-refractivity contribution in [3.05, 3.63) is 77.2 Å². The maximum absolute atomic E-state index is 12.6. The Kier molecular flexibility index (Phi) is 6.77. The smallest absolute Gasteiger partial charge is 0.331 e. The number of ether oxygens (including phenoxy) is 2. The molecule has 32 heavy (non-hydrogen) atoms. The van der Waals surface area contributed by atoms with Crippen LogP contribution in [0, 0.1) is 0 Å². The minimum Gasteiger partial charge on any atom is -0.484 e. The Morgan fingerprint density at radius 2 is 1.78 bits per heavy atom. The number of para-hydroxylation sites is 1. The van der Waals surface area contributed by atoms with Crippen LogP contribution in [-0.2, 0) is 25.7 Å². The van der Waals surface area contributed by atoms with Gasteiger partial charge in [0.15, 0.2) is 12.6 Å². The van der Waals surface area contributed by atoms with Crippen LogP contribution in [0.2, 0.25) is 0 Å². The van der Waals surface area contributed by atoms with E-state index in [1.54, 1.807) is 30.3 Å². The fourth-order valence-electron chi connectivity index (χ4n) is 3.53. The van der Waals surface area contributed by atoms with Crippen LogP contribution in [0.4, 0.5) is 0 Å². The summed E-state index contributed by atoms with van der Waals surface area (Å²) in [6.07, 6.45) is 1.69. The molecule has 2 aromatic carbocycles. The number of nitrogens with one attached hydrogen (secondary N) is 1. The van der Waals surface area contributed by atoms with E-state index in [0.717, 1.165) is 5.56 Å². The van der Waals surface area contributed by atoms with E-state index in [1.807, 2.05) is 36.4 Å². The number of carbonyl (C=O) groups excluding carboxylic acids is 2. The topological polar surface area (TPSA) is 105 Å². The predicted octanol–water partition coefficient (Wildman–Crippen LogP) is 2.02. The molecule has 2 N–H and O–H groups in total. The molecule has 0 radical (unpaired) electrons. The third-order valence-electron chi connectivity index (χ3n) is 5.06. The molecule has 3 atom stereocenters. The van der Waals surface area contributed by atoms with Crippen molar-refractivity contribution in [2.75, 3.05) is 13.2 Å². The lowest BCUT2D eigenvalue weighted by Gasteiger charge is -2.42. The first-order valence-electron chi connectivity index (χ1n) is 10.0. The number of benzene rings is 2. The molecule has 0 bridgehead atoms. The summed E-state index contributed by atoms with van der Waals surface area (Å²) in [4.78, 5) is 38.4. The molecule has 0 unspecified atom stereocenters. The second-order valence-corrected chi connectivity index (χ2v) is 8.44. The van der Waals surface area contributed by atoms with Gasteiger partial charge in [0, 0.05) is 4.91 Å². The van der Waals surface area contributed by atoms with Gasteiger partial charge in [0.2, 0.25) is 5.91 Å². The number of thioether (sulfide) groups is 1. The van der Waals surface area contributed by atoms with Gasteiger partial charge in [0.05, 0.1) is 13.2 Å². The zero-order valence-electron chi connectivity index (χ0n) is 17.0. The monoisotopic (exact) mass is 454 g/mol. The summed E-state index contributed by atoms with van der Waals surface area (Å²) in [6.45, 7) is 0.389. The zero-order chi connectivity index (χ0) is 22.5. The summed E-state index contributed by atoms with van der Waals surface area (Å²) in [5.41, 5.74) is 1.01. The van der Waals surface area contributed by atoms with Crippen molar-refractivity contribution in [1.82, 2.24) is 10.2 Å². The lowest BCUT2D eigenvalue weighted by molar-refractivity contribution is -0.158. The number of carbonyl (C=O) groups is 3. The van der Waals surface area contributed by atoms with E-state index in [1.165, 1.54) is 16.7 Å². The third-order valence-corrected chi connectivity index (χ3v) is 6.46. The molecule has 9 heteroatoms. The fourth-order valence-corrected chi connectivity index (χ4v) is 4.98. The number of aliphatic carboxylic acids is 1. The second-order valence-electron chi connectivity index (χ2n) is 7.25. The van der Waals surface area contributed by atoms with Crippen LogP contribution in [0.1, 0.15) is 5.56 Å². The van der Waals surface area contributed by atoms with Crippen LogP contribution < -0.4 is 10.1 Å². The van der Waals surface area contributed by atoms with Gasteiger partial charge in [-0.25, -0.2) is 4.79 Å². The molecule has 2 aromatic rings. The Bertz CT molecular complexity index is 1010. The normalized spacial score (nSPS) is 22.9. The molecule has 2 saturated heterocycles. The van der Waals surface area contributed by atoms with E-state index in [-0.39, 0.29) is 13.2 Å². The van der Waals surface area contributed by atoms with Crippen molar-refractivity contribution in [2.24, 2.45) is 0 Å². The van der Waals surface area contributed by atoms with Crippen molar-refractivity contribution in [1.29, 1.82) is 0 Å². The Balaban J connectivity index is 1.32. The molecule has 2 fully saturated rings. The number of amides is 2. The predicted molar refractivity (Wildman–Crippen MR) is 118 cm³/mol. The van der Waals surface area contributed by atoms with Crippen LogP contribution in [0.15, 0.2) is 71.6 Å². The lowest BCUT2D eigenvalue weighted by Crippen LogP contribution is -2.70. The molecular formula is C23H22N2O6S. The number of hydrogen-bond acceptors (Lipinski definition) is 6. The fraction of sp³-hybridized carbons (Fsp3) is 0.261. The maximum Gasteiger partial charge on any atom is 0.331 e. The summed E-state index contributed by atoms with van der Waals surface area (Å²) >= 11 is 1.26. The molecule has 2 heterocycles. The lowest BCUT2D eigenvalue weighted by atomic mass is 10.0. The molecule has 0 aliphatic carbocycles. The Hall–Kier alpha value is -3.30. The van der Waals surface area contributed by atoms with Gasteiger partial charge in [0.1, 0.15) is 17.2 Å². The maximum atomic E-state index is 12.6. The van der Waals surface area contributed by atoms with Crippen molar-refractivity contribution >= 4 is 29.5 Å². The van der Waals surface area contributed by atoms with Crippen LogP contribution >= 0.6 is 11.8 Å². The van der Waals surface area contributed by atoms with Crippen LogP contribution in [0.5, 0.6) is 5.75 Å². The van der Waals surface area contributed by atoms with Gasteiger partial charge in [-0.05, 0) is 23.8 Å². The van der Waals surface area contributed by atoms with E-state index >= 15 is 0 Å². The molecule has 0 aromatic heterocycles. The number of fused-ring (bicyclic) bond motifs is 1. The highest BCUT2D eigenvalue weighted by Gasteiger charge is 2.59. The van der Waals surface area contributed by atoms with E-state index in [9.17, 15) is 19.5 Å². The molecule has 2 amide bonds. The zero-order valence-corrected chi connectivity index (χ0v) is 17.9. The summed E-state index contributed by atoms with van der Waals surface area (Å²) in [7, 11) is 0. The second kappa shape index (κ2) is 9.88. The molecular weight excluding hydrogens is 432 g/mol. The van der Waals surface area contributed by atoms with E-state index in [0.29, 0.717) is 17.3 Å². The van der Waals surface area contributed by atoms with Crippen LogP contribution in [-0.4, -0.2) is 58.5 Å². The SMILES string of the molecule is O=C(COc1ccccc1)N[C@@H]1C(=O)N2[C@@H](C(=O)O)C(=CCOCc3ccccc3)S[C@H]12. The highest BCUT2D eigenvalue weighted by atomic mass is 32.2. The number of carboxylic acids is 1. The van der Waals surface area contributed by atoms with Crippen molar-refractivity contribution < 1.29 is 29.0 Å². The number of rotatable bonds is 9. The highest BCUT2D eigenvalue weighted by molar-refractivity contribution is 8.04. The van der Waals surface area contributed by atoms with E-state index in [4.69, 9.17) is 9.47 Å². The van der Waals surface area contributed by atoms with Gasteiger partial charge in [0.25, 0.3) is 5.91 Å². The quantitative estimate of drug-likeness (QED) is 0.441. The van der Waals surface area contributed by atoms with Crippen LogP contribution in [0.3, 0.4) is 0 Å². The van der Waals surface area contributed by atoms with Gasteiger partial charge < -0.3 is 24.8 Å². The molecule has 2 aliphatic heterocycles. The minimum absolute atomic E-state index is 0.220. The van der Waals surface area contributed by atoms with Gasteiger partial charge in [-0.3, -0.25) is 9.59 Å². The van der Waals surface area contributed by atoms with Gasteiger partial charge in [-0.15, -0.1) is 11.8 Å². The number of nitrogens with zero attached hydrogens (tertiary/aromatic N) is 1. The average Bonchev–Trinajstić information content (AvgIpc) is 3.16. The van der Waals surface area contributed by atoms with Gasteiger partial charge >= 0.3 is 5.97 Å². The first-order chi connectivity index (χ1) is 15.5. The number of β-lactam (4-membered cyclic amide) rings is 1. The van der Waals surface area contributed by atoms with Crippen molar-refractivity contribution in [2.45, 2.75) is 24.1 Å². The molecule has 166 valence electrons. The molecule has 2 aliphatic rings. The average molecular weight is 455 g/mol. The third kappa shape index (κ3) is 4.79. The minimum atomic E-state index is -1.11. The largest absolute Gasteiger partial charge is 0.484 e. The Morgan fingerprint density at radius 3 is 2.47 bits per heavy atom. The molecule has 0 saturated carbocycles. The van der Waals surface area contributed by atoms with Gasteiger partial charge in [-0.2, -0.15) is 0 Å². The van der Waals surface area contributed by atoms with Crippen molar-refractivity contribution in [3.8, 4) is 5.75 Å².